The maximum absolute atomic E-state index is 5.64. The van der Waals surface area contributed by atoms with Crippen LogP contribution in [0.15, 0.2) is 59.2 Å². The predicted octanol–water partition coefficient (Wildman–Crippen LogP) is 4.09. The van der Waals surface area contributed by atoms with Crippen molar-refractivity contribution >= 4 is 21.9 Å². The average Bonchev–Trinajstić information content (AvgIpc) is 2.79. The van der Waals surface area contributed by atoms with Crippen molar-refractivity contribution in [3.63, 3.8) is 0 Å². The van der Waals surface area contributed by atoms with Crippen LogP contribution in [0, 0.1) is 0 Å². The van der Waals surface area contributed by atoms with Gasteiger partial charge in [-0.3, -0.25) is 0 Å². The van der Waals surface area contributed by atoms with Gasteiger partial charge >= 0.3 is 0 Å². The molecule has 0 atom stereocenters. The summed E-state index contributed by atoms with van der Waals surface area (Å²) in [6, 6.07) is 18.5. The van der Waals surface area contributed by atoms with Crippen molar-refractivity contribution in [3.8, 4) is 22.4 Å². The molecule has 0 saturated carbocycles. The maximum atomic E-state index is 5.64. The first-order valence-corrected chi connectivity index (χ1v) is 6.70. The summed E-state index contributed by atoms with van der Waals surface area (Å²) in [4.78, 5) is 7.19. The van der Waals surface area contributed by atoms with Gasteiger partial charge in [0.05, 0.1) is 0 Å². The number of aromatic nitrogens is 2. The van der Waals surface area contributed by atoms with Crippen LogP contribution >= 0.6 is 15.9 Å². The Hall–Kier alpha value is -2.07. The van der Waals surface area contributed by atoms with E-state index in [1.54, 1.807) is 0 Å². The first-order chi connectivity index (χ1) is 9.24. The van der Waals surface area contributed by atoms with E-state index < -0.39 is 0 Å². The number of rotatable bonds is 2. The standard InChI is InChI=1S/C15H12BrN3/c16-14-13(18-15(17)19-14)12-8-6-11(7-9-12)10-4-2-1-3-5-10/h1-9H,(H3,17,18,19). The zero-order valence-electron chi connectivity index (χ0n) is 10.1. The Labute approximate surface area is 119 Å². The Balaban J connectivity index is 1.98. The Morgan fingerprint density at radius 3 is 2.00 bits per heavy atom. The first kappa shape index (κ1) is 12.0. The zero-order chi connectivity index (χ0) is 13.2. The van der Waals surface area contributed by atoms with E-state index in [9.17, 15) is 0 Å². The lowest BCUT2D eigenvalue weighted by Crippen LogP contribution is -1.85. The number of hydrogen-bond donors (Lipinski definition) is 2. The molecule has 3 N–H and O–H groups in total. The normalized spacial score (nSPS) is 10.6. The van der Waals surface area contributed by atoms with Crippen LogP contribution in [0.4, 0.5) is 5.95 Å². The van der Waals surface area contributed by atoms with Crippen molar-refractivity contribution in [2.75, 3.05) is 5.73 Å². The van der Waals surface area contributed by atoms with Crippen LogP contribution in [0.1, 0.15) is 0 Å². The topological polar surface area (TPSA) is 54.7 Å². The molecular weight excluding hydrogens is 302 g/mol. The molecule has 0 aliphatic carbocycles. The van der Waals surface area contributed by atoms with Gasteiger partial charge in [-0.2, -0.15) is 0 Å². The maximum Gasteiger partial charge on any atom is 0.198 e. The Bertz CT molecular complexity index is 687. The summed E-state index contributed by atoms with van der Waals surface area (Å²) in [6.07, 6.45) is 0. The molecule has 3 aromatic rings. The van der Waals surface area contributed by atoms with Gasteiger partial charge in [-0.05, 0) is 27.1 Å². The van der Waals surface area contributed by atoms with Crippen LogP contribution in [0.25, 0.3) is 22.4 Å². The fourth-order valence-electron chi connectivity index (χ4n) is 2.01. The van der Waals surface area contributed by atoms with Gasteiger partial charge in [0.25, 0.3) is 0 Å². The molecule has 0 amide bonds. The van der Waals surface area contributed by atoms with E-state index in [-0.39, 0.29) is 0 Å². The molecule has 0 spiro atoms. The molecule has 0 aliphatic heterocycles. The van der Waals surface area contributed by atoms with Crippen molar-refractivity contribution in [2.45, 2.75) is 0 Å². The fourth-order valence-corrected chi connectivity index (χ4v) is 2.53. The highest BCUT2D eigenvalue weighted by Crippen LogP contribution is 2.28. The van der Waals surface area contributed by atoms with Crippen LogP contribution in [0.5, 0.6) is 0 Å². The largest absolute Gasteiger partial charge is 0.369 e. The van der Waals surface area contributed by atoms with Crippen molar-refractivity contribution in [3.05, 3.63) is 59.2 Å². The minimum Gasteiger partial charge on any atom is -0.369 e. The molecule has 1 aromatic heterocycles. The van der Waals surface area contributed by atoms with Gasteiger partial charge in [-0.15, -0.1) is 0 Å². The number of H-pyrrole nitrogens is 1. The SMILES string of the molecule is Nc1nc(-c2ccc(-c3ccccc3)cc2)c(Br)[nH]1. The van der Waals surface area contributed by atoms with Crippen molar-refractivity contribution in [2.24, 2.45) is 0 Å². The van der Waals surface area contributed by atoms with E-state index in [2.05, 4.69) is 50.2 Å². The molecule has 19 heavy (non-hydrogen) atoms. The second-order valence-electron chi connectivity index (χ2n) is 4.23. The number of imidazole rings is 1. The second kappa shape index (κ2) is 4.90. The lowest BCUT2D eigenvalue weighted by Gasteiger charge is -2.03. The minimum absolute atomic E-state index is 0.411. The van der Waals surface area contributed by atoms with Crippen molar-refractivity contribution in [1.82, 2.24) is 9.97 Å². The minimum atomic E-state index is 0.411. The molecule has 0 bridgehead atoms. The monoisotopic (exact) mass is 313 g/mol. The van der Waals surface area contributed by atoms with Gasteiger partial charge in [0.15, 0.2) is 5.95 Å². The van der Waals surface area contributed by atoms with Gasteiger partial charge < -0.3 is 10.7 Å². The highest BCUT2D eigenvalue weighted by atomic mass is 79.9. The van der Waals surface area contributed by atoms with Crippen LogP contribution in [0.3, 0.4) is 0 Å². The Morgan fingerprint density at radius 1 is 0.842 bits per heavy atom. The highest BCUT2D eigenvalue weighted by molar-refractivity contribution is 9.10. The zero-order valence-corrected chi connectivity index (χ0v) is 11.7. The number of hydrogen-bond acceptors (Lipinski definition) is 2. The Morgan fingerprint density at radius 2 is 1.42 bits per heavy atom. The third-order valence-corrected chi connectivity index (χ3v) is 3.52. The van der Waals surface area contributed by atoms with E-state index in [1.165, 1.54) is 11.1 Å². The summed E-state index contributed by atoms with van der Waals surface area (Å²) in [7, 11) is 0. The summed E-state index contributed by atoms with van der Waals surface area (Å²) in [5, 5.41) is 0. The third kappa shape index (κ3) is 2.39. The number of benzene rings is 2. The van der Waals surface area contributed by atoms with Crippen LogP contribution in [0.2, 0.25) is 0 Å². The molecule has 2 aromatic carbocycles. The molecule has 1 heterocycles. The molecule has 0 unspecified atom stereocenters. The quantitative estimate of drug-likeness (QED) is 0.748. The van der Waals surface area contributed by atoms with E-state index in [0.29, 0.717) is 5.95 Å². The van der Waals surface area contributed by atoms with Crippen molar-refractivity contribution < 1.29 is 0 Å². The van der Waals surface area contributed by atoms with E-state index in [1.807, 2.05) is 30.3 Å². The molecule has 94 valence electrons. The molecule has 0 saturated heterocycles. The fraction of sp³-hybridized carbons (Fsp3) is 0. The summed E-state index contributed by atoms with van der Waals surface area (Å²) >= 11 is 3.42. The molecule has 0 fully saturated rings. The average molecular weight is 314 g/mol. The third-order valence-electron chi connectivity index (χ3n) is 2.94. The first-order valence-electron chi connectivity index (χ1n) is 5.91. The van der Waals surface area contributed by atoms with Gasteiger partial charge in [-0.1, -0.05) is 54.6 Å². The smallest absolute Gasteiger partial charge is 0.198 e. The molecule has 4 heteroatoms. The molecular formula is C15H12BrN3. The summed E-state index contributed by atoms with van der Waals surface area (Å²) in [5.41, 5.74) is 9.89. The summed E-state index contributed by atoms with van der Waals surface area (Å²) < 4.78 is 0.803. The number of aromatic amines is 1. The number of nitrogens with zero attached hydrogens (tertiary/aromatic N) is 1. The van der Waals surface area contributed by atoms with Gasteiger partial charge in [0, 0.05) is 5.56 Å². The lowest BCUT2D eigenvalue weighted by atomic mass is 10.0. The summed E-state index contributed by atoms with van der Waals surface area (Å²) in [6.45, 7) is 0. The number of nitrogens with two attached hydrogens (primary N) is 1. The summed E-state index contributed by atoms with van der Waals surface area (Å²) in [5.74, 6) is 0.411. The molecule has 0 radical (unpaired) electrons. The molecule has 3 rings (SSSR count). The van der Waals surface area contributed by atoms with Crippen LogP contribution < -0.4 is 5.73 Å². The van der Waals surface area contributed by atoms with E-state index >= 15 is 0 Å². The highest BCUT2D eigenvalue weighted by Gasteiger charge is 2.08. The molecule has 0 aliphatic rings. The number of anilines is 1. The van der Waals surface area contributed by atoms with Crippen LogP contribution in [-0.2, 0) is 0 Å². The van der Waals surface area contributed by atoms with Crippen LogP contribution in [-0.4, -0.2) is 9.97 Å². The number of nitrogen functional groups attached to an aromatic ring is 1. The molecule has 3 nitrogen and oxygen atoms in total. The van der Waals surface area contributed by atoms with Crippen molar-refractivity contribution in [1.29, 1.82) is 0 Å². The Kier molecular flexibility index (Phi) is 3.09. The van der Waals surface area contributed by atoms with E-state index in [0.717, 1.165) is 15.9 Å². The van der Waals surface area contributed by atoms with E-state index in [4.69, 9.17) is 5.73 Å². The predicted molar refractivity (Wildman–Crippen MR) is 81.6 cm³/mol. The van der Waals surface area contributed by atoms with Gasteiger partial charge in [-0.25, -0.2) is 4.98 Å². The second-order valence-corrected chi connectivity index (χ2v) is 5.02. The number of halogens is 1. The number of nitrogens with one attached hydrogen (secondary N) is 1. The van der Waals surface area contributed by atoms with Gasteiger partial charge in [0.2, 0.25) is 0 Å². The lowest BCUT2D eigenvalue weighted by molar-refractivity contribution is 1.31. The van der Waals surface area contributed by atoms with Gasteiger partial charge in [0.1, 0.15) is 10.3 Å².